The molecule has 0 amide bonds. The molecule has 13 heteroatoms. The molecular weight excluding hydrogens is 463 g/mol. The van der Waals surface area contributed by atoms with E-state index in [4.69, 9.17) is 59.7 Å². The molecule has 12 nitrogen and oxygen atoms in total. The van der Waals surface area contributed by atoms with Gasteiger partial charge in [-0.2, -0.15) is 0 Å². The average molecular weight is 515 g/mol. The molecule has 0 fully saturated rings. The monoisotopic (exact) mass is 514 g/mol. The second-order valence-electron chi connectivity index (χ2n) is 6.37. The number of hydrogen-bond donors (Lipinski definition) is 10. The van der Waals surface area contributed by atoms with Gasteiger partial charge < -0.3 is 55.2 Å². The quantitative estimate of drug-likeness (QED) is 0.0961. The van der Waals surface area contributed by atoms with Crippen molar-refractivity contribution in [3.8, 4) is 0 Å². The molecule has 10 N–H and O–H groups in total. The number of phosphoric acid groups is 1. The zero-order valence-electron chi connectivity index (χ0n) is 20.2. The third-order valence-corrected chi connectivity index (χ3v) is 3.18. The molecule has 0 aliphatic rings. The SMILES string of the molecule is CCCCCCCCCCCCOCCO.O=P(O)(O)O.OCCO.OCCO.OCCO. The van der Waals surface area contributed by atoms with E-state index in [9.17, 15) is 0 Å². The van der Waals surface area contributed by atoms with Crippen molar-refractivity contribution in [2.75, 3.05) is 59.5 Å². The van der Waals surface area contributed by atoms with Crippen LogP contribution >= 0.6 is 7.82 Å². The van der Waals surface area contributed by atoms with E-state index >= 15 is 0 Å². The van der Waals surface area contributed by atoms with E-state index in [-0.39, 0.29) is 46.2 Å². The summed E-state index contributed by atoms with van der Waals surface area (Å²) in [6.45, 7) is 2.98. The molecule has 0 aromatic rings. The molecule has 0 bridgehead atoms. The summed E-state index contributed by atoms with van der Waals surface area (Å²) in [5.41, 5.74) is 0. The van der Waals surface area contributed by atoms with Gasteiger partial charge in [0.25, 0.3) is 0 Å². The van der Waals surface area contributed by atoms with E-state index in [0.717, 1.165) is 13.0 Å². The largest absolute Gasteiger partial charge is 0.466 e. The minimum absolute atomic E-state index is 0.125. The van der Waals surface area contributed by atoms with Crippen LogP contribution in [0.1, 0.15) is 71.1 Å². The first-order valence-corrected chi connectivity index (χ1v) is 12.8. The van der Waals surface area contributed by atoms with Crippen molar-refractivity contribution in [2.24, 2.45) is 0 Å². The van der Waals surface area contributed by atoms with E-state index in [1.54, 1.807) is 0 Å². The molecule has 0 rings (SSSR count). The van der Waals surface area contributed by atoms with Crippen LogP contribution in [0.15, 0.2) is 0 Å². The van der Waals surface area contributed by atoms with Gasteiger partial charge in [0.05, 0.1) is 52.9 Å². The summed E-state index contributed by atoms with van der Waals surface area (Å²) in [6, 6.07) is 0. The third kappa shape index (κ3) is 113. The van der Waals surface area contributed by atoms with Crippen LogP contribution in [-0.4, -0.2) is 110 Å². The highest BCUT2D eigenvalue weighted by Crippen LogP contribution is 2.25. The molecule has 0 saturated heterocycles. The predicted octanol–water partition coefficient (Wildman–Crippen LogP) is -0.0994. The van der Waals surface area contributed by atoms with Crippen LogP contribution in [0.5, 0.6) is 0 Å². The van der Waals surface area contributed by atoms with E-state index < -0.39 is 7.82 Å². The predicted molar refractivity (Wildman–Crippen MR) is 127 cm³/mol. The van der Waals surface area contributed by atoms with Crippen molar-refractivity contribution in [1.29, 1.82) is 0 Å². The molecule has 0 spiro atoms. The van der Waals surface area contributed by atoms with Crippen molar-refractivity contribution in [1.82, 2.24) is 0 Å². The lowest BCUT2D eigenvalue weighted by atomic mass is 10.1. The molecule has 0 atom stereocenters. The van der Waals surface area contributed by atoms with Crippen molar-refractivity contribution in [3.63, 3.8) is 0 Å². The fourth-order valence-corrected chi connectivity index (χ4v) is 1.86. The zero-order chi connectivity index (χ0) is 26.6. The van der Waals surface area contributed by atoms with Gasteiger partial charge in [-0.25, -0.2) is 4.57 Å². The van der Waals surface area contributed by atoms with Crippen molar-refractivity contribution < 1.29 is 59.7 Å². The first kappa shape index (κ1) is 42.9. The molecule has 0 aliphatic carbocycles. The first-order valence-electron chi connectivity index (χ1n) is 11.3. The Morgan fingerprint density at radius 2 is 0.758 bits per heavy atom. The number of unbranched alkanes of at least 4 members (excludes halogenated alkanes) is 9. The first-order chi connectivity index (χ1) is 15.7. The Kier molecular flexibility index (Phi) is 58.9. The summed E-state index contributed by atoms with van der Waals surface area (Å²) in [5.74, 6) is 0. The van der Waals surface area contributed by atoms with Gasteiger partial charge in [0.15, 0.2) is 0 Å². The average Bonchev–Trinajstić information content (AvgIpc) is 2.79. The minimum Gasteiger partial charge on any atom is -0.394 e. The summed E-state index contributed by atoms with van der Waals surface area (Å²) >= 11 is 0. The molecule has 33 heavy (non-hydrogen) atoms. The van der Waals surface area contributed by atoms with Crippen LogP contribution in [0.3, 0.4) is 0 Å². The van der Waals surface area contributed by atoms with Gasteiger partial charge in [0.2, 0.25) is 0 Å². The minimum atomic E-state index is -4.64. The lowest BCUT2D eigenvalue weighted by Gasteiger charge is -2.03. The van der Waals surface area contributed by atoms with Crippen LogP contribution in [0, 0.1) is 0 Å². The van der Waals surface area contributed by atoms with Gasteiger partial charge >= 0.3 is 7.82 Å². The Balaban J connectivity index is -0.000000125. The smallest absolute Gasteiger partial charge is 0.394 e. The number of aliphatic hydroxyl groups excluding tert-OH is 7. The van der Waals surface area contributed by atoms with Crippen molar-refractivity contribution >= 4 is 7.82 Å². The summed E-state index contributed by atoms with van der Waals surface area (Å²) in [4.78, 5) is 21.6. The van der Waals surface area contributed by atoms with E-state index in [1.165, 1.54) is 57.8 Å². The topological polar surface area (TPSA) is 229 Å². The normalized spacial score (nSPS) is 9.79. The fourth-order valence-electron chi connectivity index (χ4n) is 1.86. The van der Waals surface area contributed by atoms with Gasteiger partial charge in [-0.15, -0.1) is 0 Å². The highest BCUT2D eigenvalue weighted by atomic mass is 31.2. The fraction of sp³-hybridized carbons (Fsp3) is 1.00. The maximum Gasteiger partial charge on any atom is 0.466 e. The molecule has 0 aliphatic heterocycles. The molecule has 0 saturated carbocycles. The summed E-state index contributed by atoms with van der Waals surface area (Å²) in [6.07, 6.45) is 13.6. The Labute approximate surface area is 198 Å². The van der Waals surface area contributed by atoms with Crippen LogP contribution in [0.25, 0.3) is 0 Å². The van der Waals surface area contributed by atoms with Gasteiger partial charge in [-0.1, -0.05) is 64.7 Å². The summed E-state index contributed by atoms with van der Waals surface area (Å²) in [5, 5.41) is 54.3. The van der Waals surface area contributed by atoms with Gasteiger partial charge in [0.1, 0.15) is 0 Å². The lowest BCUT2D eigenvalue weighted by Crippen LogP contribution is -2.00. The van der Waals surface area contributed by atoms with Crippen molar-refractivity contribution in [2.45, 2.75) is 71.1 Å². The Morgan fingerprint density at radius 1 is 0.485 bits per heavy atom. The Morgan fingerprint density at radius 3 is 1.00 bits per heavy atom. The number of ether oxygens (including phenoxy) is 1. The highest BCUT2D eigenvalue weighted by molar-refractivity contribution is 7.45. The van der Waals surface area contributed by atoms with Crippen LogP contribution in [0.4, 0.5) is 0 Å². The lowest BCUT2D eigenvalue weighted by molar-refractivity contribution is 0.0895. The zero-order valence-corrected chi connectivity index (χ0v) is 21.1. The van der Waals surface area contributed by atoms with Gasteiger partial charge in [-0.3, -0.25) is 0 Å². The second kappa shape index (κ2) is 45.3. The highest BCUT2D eigenvalue weighted by Gasteiger charge is 2.00. The summed E-state index contributed by atoms with van der Waals surface area (Å²) in [7, 11) is -4.64. The van der Waals surface area contributed by atoms with Crippen LogP contribution < -0.4 is 0 Å². The number of hydrogen-bond acceptors (Lipinski definition) is 9. The van der Waals surface area contributed by atoms with Crippen LogP contribution in [-0.2, 0) is 9.30 Å². The second-order valence-corrected chi connectivity index (χ2v) is 7.40. The Bertz CT molecular complexity index is 282. The van der Waals surface area contributed by atoms with Crippen molar-refractivity contribution in [3.05, 3.63) is 0 Å². The van der Waals surface area contributed by atoms with E-state index in [2.05, 4.69) is 6.92 Å². The number of rotatable bonds is 16. The molecule has 0 heterocycles. The Hall–Kier alpha value is -0.210. The molecule has 208 valence electrons. The maximum absolute atomic E-state index is 8.88. The molecular formula is C20H51O12P. The standard InChI is InChI=1S/C14H30O2.3C2H6O2.H3O4P/c1-2-3-4-5-6-7-8-9-10-11-13-16-14-12-15;3*3-1-2-4;1-5(2,3)4/h15H,2-14H2,1H3;3*3-4H,1-2H2;(H3,1,2,3,4). The third-order valence-electron chi connectivity index (χ3n) is 3.18. The summed E-state index contributed by atoms with van der Waals surface area (Å²) < 4.78 is 14.1. The van der Waals surface area contributed by atoms with Crippen LogP contribution in [0.2, 0.25) is 0 Å². The van der Waals surface area contributed by atoms with Gasteiger partial charge in [-0.05, 0) is 6.42 Å². The molecule has 0 aromatic heterocycles. The van der Waals surface area contributed by atoms with E-state index in [0.29, 0.717) is 6.61 Å². The molecule has 0 aromatic carbocycles. The molecule has 0 unspecified atom stereocenters. The maximum atomic E-state index is 8.88. The molecule has 0 radical (unpaired) electrons. The number of aliphatic hydroxyl groups is 7. The van der Waals surface area contributed by atoms with Gasteiger partial charge in [0, 0.05) is 6.61 Å². The van der Waals surface area contributed by atoms with E-state index in [1.807, 2.05) is 0 Å².